The molecule has 3 rings (SSSR count). The maximum absolute atomic E-state index is 12.1. The zero-order valence-electron chi connectivity index (χ0n) is 12.2. The molecule has 1 N–H and O–H groups in total. The Kier molecular flexibility index (Phi) is 4.64. The van der Waals surface area contributed by atoms with Crippen molar-refractivity contribution in [1.82, 2.24) is 5.32 Å². The van der Waals surface area contributed by atoms with Gasteiger partial charge in [0.25, 0.3) is 0 Å². The molecule has 22 heavy (non-hydrogen) atoms. The summed E-state index contributed by atoms with van der Waals surface area (Å²) in [5.74, 6) is 1.19. The van der Waals surface area contributed by atoms with Crippen LogP contribution < -0.4 is 10.1 Å². The van der Waals surface area contributed by atoms with Gasteiger partial charge in [-0.05, 0) is 36.1 Å². The molecule has 0 radical (unpaired) electrons. The van der Waals surface area contributed by atoms with Gasteiger partial charge in [0.05, 0.1) is 6.54 Å². The summed E-state index contributed by atoms with van der Waals surface area (Å²) in [4.78, 5) is 12.1. The van der Waals surface area contributed by atoms with E-state index in [1.165, 1.54) is 0 Å². The van der Waals surface area contributed by atoms with E-state index in [1.807, 2.05) is 54.6 Å². The predicted octanol–water partition coefficient (Wildman–Crippen LogP) is 3.64. The Balaban J connectivity index is 1.42. The number of hydrogen-bond acceptors (Lipinski definition) is 2. The molecule has 1 aliphatic rings. The molecule has 2 unspecified atom stereocenters. The van der Waals surface area contributed by atoms with Gasteiger partial charge in [-0.1, -0.05) is 48.0 Å². The van der Waals surface area contributed by atoms with Crippen LogP contribution >= 0.6 is 11.6 Å². The van der Waals surface area contributed by atoms with Gasteiger partial charge in [0.1, 0.15) is 12.4 Å². The lowest BCUT2D eigenvalue weighted by molar-refractivity contribution is -0.122. The largest absolute Gasteiger partial charge is 0.492 e. The van der Waals surface area contributed by atoms with E-state index in [4.69, 9.17) is 16.3 Å². The number of carbonyl (C=O) groups excluding carboxylic acids is 1. The van der Waals surface area contributed by atoms with Crippen LogP contribution in [-0.4, -0.2) is 19.1 Å². The van der Waals surface area contributed by atoms with Crippen LogP contribution in [-0.2, 0) is 4.79 Å². The monoisotopic (exact) mass is 315 g/mol. The first kappa shape index (κ1) is 14.9. The summed E-state index contributed by atoms with van der Waals surface area (Å²) in [5.41, 5.74) is 1.07. The van der Waals surface area contributed by atoms with Crippen molar-refractivity contribution in [1.29, 1.82) is 0 Å². The Bertz CT molecular complexity index is 645. The fourth-order valence-electron chi connectivity index (χ4n) is 2.60. The molecule has 0 saturated heterocycles. The predicted molar refractivity (Wildman–Crippen MR) is 87.2 cm³/mol. The molecule has 3 nitrogen and oxygen atoms in total. The summed E-state index contributed by atoms with van der Waals surface area (Å²) in [6.45, 7) is 0.985. The van der Waals surface area contributed by atoms with Crippen molar-refractivity contribution in [2.75, 3.05) is 13.2 Å². The highest BCUT2D eigenvalue weighted by Gasteiger charge is 2.44. The summed E-state index contributed by atoms with van der Waals surface area (Å²) in [6, 6.07) is 17.3. The van der Waals surface area contributed by atoms with Gasteiger partial charge >= 0.3 is 0 Å². The molecule has 0 aliphatic heterocycles. The molecule has 2 aromatic rings. The number of hydrogen-bond donors (Lipinski definition) is 1. The van der Waals surface area contributed by atoms with Crippen molar-refractivity contribution in [3.8, 4) is 5.75 Å². The minimum atomic E-state index is 0.0385. The van der Waals surface area contributed by atoms with Crippen molar-refractivity contribution in [3.63, 3.8) is 0 Å². The van der Waals surface area contributed by atoms with Gasteiger partial charge in [-0.15, -0.1) is 0 Å². The lowest BCUT2D eigenvalue weighted by atomic mass is 10.1. The molecule has 1 amide bonds. The van der Waals surface area contributed by atoms with Gasteiger partial charge in [0.15, 0.2) is 0 Å². The van der Waals surface area contributed by atoms with Crippen LogP contribution in [0.1, 0.15) is 17.9 Å². The van der Waals surface area contributed by atoms with E-state index < -0.39 is 0 Å². The van der Waals surface area contributed by atoms with Crippen LogP contribution in [0.4, 0.5) is 0 Å². The topological polar surface area (TPSA) is 38.3 Å². The van der Waals surface area contributed by atoms with E-state index in [9.17, 15) is 4.79 Å². The van der Waals surface area contributed by atoms with Gasteiger partial charge < -0.3 is 10.1 Å². The molecule has 1 fully saturated rings. The first-order valence-electron chi connectivity index (χ1n) is 7.45. The Morgan fingerprint density at radius 2 is 1.86 bits per heavy atom. The van der Waals surface area contributed by atoms with E-state index in [0.717, 1.165) is 22.8 Å². The fraction of sp³-hybridized carbons (Fsp3) is 0.278. The van der Waals surface area contributed by atoms with E-state index in [2.05, 4.69) is 5.32 Å². The maximum atomic E-state index is 12.1. The molecule has 1 saturated carbocycles. The minimum absolute atomic E-state index is 0.0385. The molecular formula is C18H18ClNO2. The zero-order valence-corrected chi connectivity index (χ0v) is 12.9. The van der Waals surface area contributed by atoms with Gasteiger partial charge in [0, 0.05) is 10.9 Å². The summed E-state index contributed by atoms with van der Waals surface area (Å²) < 4.78 is 5.55. The average Bonchev–Trinajstić information content (AvgIpc) is 3.33. The van der Waals surface area contributed by atoms with Crippen LogP contribution in [0.3, 0.4) is 0 Å². The number of para-hydroxylation sites is 1. The van der Waals surface area contributed by atoms with Crippen LogP contribution in [0.15, 0.2) is 54.6 Å². The summed E-state index contributed by atoms with van der Waals surface area (Å²) in [7, 11) is 0. The third-order valence-corrected chi connectivity index (χ3v) is 4.19. The highest BCUT2D eigenvalue weighted by Crippen LogP contribution is 2.49. The molecule has 0 heterocycles. The lowest BCUT2D eigenvalue weighted by Crippen LogP contribution is -2.29. The molecule has 0 bridgehead atoms. The van der Waals surface area contributed by atoms with Gasteiger partial charge in [-0.3, -0.25) is 4.79 Å². The Morgan fingerprint density at radius 3 is 2.64 bits per heavy atom. The third kappa shape index (κ3) is 3.60. The maximum Gasteiger partial charge on any atom is 0.223 e. The molecule has 0 spiro atoms. The average molecular weight is 316 g/mol. The molecule has 0 aromatic heterocycles. The normalized spacial score (nSPS) is 19.5. The number of carbonyl (C=O) groups is 1. The van der Waals surface area contributed by atoms with Crippen LogP contribution in [0.25, 0.3) is 0 Å². The first-order valence-corrected chi connectivity index (χ1v) is 7.83. The van der Waals surface area contributed by atoms with E-state index in [1.54, 1.807) is 0 Å². The standard InChI is InChI=1S/C18H18ClNO2/c19-17-9-5-4-8-14(17)15-12-16(15)18(21)20-10-11-22-13-6-2-1-3-7-13/h1-9,15-16H,10-12H2,(H,20,21). The second-order valence-electron chi connectivity index (χ2n) is 5.42. The number of benzene rings is 2. The second kappa shape index (κ2) is 6.84. The summed E-state index contributed by atoms with van der Waals surface area (Å²) in [5, 5.41) is 3.67. The smallest absolute Gasteiger partial charge is 0.223 e. The molecule has 2 atom stereocenters. The van der Waals surface area contributed by atoms with Crippen LogP contribution in [0, 0.1) is 5.92 Å². The Hall–Kier alpha value is -2.00. The lowest BCUT2D eigenvalue weighted by Gasteiger charge is -2.08. The Labute approximate surface area is 135 Å². The van der Waals surface area contributed by atoms with E-state index in [0.29, 0.717) is 13.2 Å². The Morgan fingerprint density at radius 1 is 1.14 bits per heavy atom. The number of amides is 1. The molecule has 114 valence electrons. The molecule has 4 heteroatoms. The van der Waals surface area contributed by atoms with Gasteiger partial charge in [-0.25, -0.2) is 0 Å². The number of ether oxygens (including phenoxy) is 1. The van der Waals surface area contributed by atoms with Crippen molar-refractivity contribution in [2.24, 2.45) is 5.92 Å². The summed E-state index contributed by atoms with van der Waals surface area (Å²) >= 11 is 6.17. The number of rotatable bonds is 6. The quantitative estimate of drug-likeness (QED) is 0.827. The van der Waals surface area contributed by atoms with Crippen molar-refractivity contribution >= 4 is 17.5 Å². The van der Waals surface area contributed by atoms with Crippen molar-refractivity contribution in [2.45, 2.75) is 12.3 Å². The second-order valence-corrected chi connectivity index (χ2v) is 5.83. The van der Waals surface area contributed by atoms with E-state index >= 15 is 0 Å². The molecular weight excluding hydrogens is 298 g/mol. The fourth-order valence-corrected chi connectivity index (χ4v) is 2.87. The molecule has 2 aromatic carbocycles. The van der Waals surface area contributed by atoms with Crippen molar-refractivity contribution < 1.29 is 9.53 Å². The van der Waals surface area contributed by atoms with Crippen LogP contribution in [0.2, 0.25) is 5.02 Å². The molecule has 1 aliphatic carbocycles. The highest BCUT2D eigenvalue weighted by atomic mass is 35.5. The van der Waals surface area contributed by atoms with Gasteiger partial charge in [0.2, 0.25) is 5.91 Å². The van der Waals surface area contributed by atoms with Gasteiger partial charge in [-0.2, -0.15) is 0 Å². The third-order valence-electron chi connectivity index (χ3n) is 3.85. The van der Waals surface area contributed by atoms with Crippen LogP contribution in [0.5, 0.6) is 5.75 Å². The van der Waals surface area contributed by atoms with E-state index in [-0.39, 0.29) is 17.7 Å². The SMILES string of the molecule is O=C(NCCOc1ccccc1)C1CC1c1ccccc1Cl. The summed E-state index contributed by atoms with van der Waals surface area (Å²) in [6.07, 6.45) is 0.870. The first-order chi connectivity index (χ1) is 10.8. The zero-order chi connectivity index (χ0) is 15.4. The number of nitrogens with one attached hydrogen (secondary N) is 1. The highest BCUT2D eigenvalue weighted by molar-refractivity contribution is 6.31. The van der Waals surface area contributed by atoms with Crippen molar-refractivity contribution in [3.05, 3.63) is 65.2 Å². The minimum Gasteiger partial charge on any atom is -0.492 e. The number of halogens is 1.